The molecule has 0 saturated carbocycles. The standard InChI is InChI=1S/C13H13BrN2O3/c1-8-5-9(14)6-10(13(17)18)12(8)19-7-11-15-3-4-16(11)2/h3-6H,7H2,1-2H3,(H,17,18). The van der Waals surface area contributed by atoms with Crippen molar-refractivity contribution in [1.82, 2.24) is 9.55 Å². The molecule has 100 valence electrons. The second kappa shape index (κ2) is 5.44. The molecule has 19 heavy (non-hydrogen) atoms. The van der Waals surface area contributed by atoms with Crippen LogP contribution in [0.25, 0.3) is 0 Å². The highest BCUT2D eigenvalue weighted by atomic mass is 79.9. The maximum atomic E-state index is 11.2. The molecule has 1 heterocycles. The van der Waals surface area contributed by atoms with E-state index in [2.05, 4.69) is 20.9 Å². The van der Waals surface area contributed by atoms with Crippen LogP contribution in [0.2, 0.25) is 0 Å². The molecule has 0 saturated heterocycles. The van der Waals surface area contributed by atoms with Crippen molar-refractivity contribution in [3.63, 3.8) is 0 Å². The van der Waals surface area contributed by atoms with Gasteiger partial charge in [0, 0.05) is 23.9 Å². The number of rotatable bonds is 4. The molecule has 0 aliphatic rings. The Bertz CT molecular complexity index is 622. The molecule has 0 bridgehead atoms. The van der Waals surface area contributed by atoms with Crippen LogP contribution in [0.4, 0.5) is 0 Å². The number of halogens is 1. The van der Waals surface area contributed by atoms with E-state index in [1.807, 2.05) is 30.8 Å². The van der Waals surface area contributed by atoms with E-state index in [0.29, 0.717) is 10.2 Å². The minimum Gasteiger partial charge on any atom is -0.484 e. The molecule has 0 spiro atoms. The summed E-state index contributed by atoms with van der Waals surface area (Å²) >= 11 is 3.28. The fourth-order valence-electron chi connectivity index (χ4n) is 1.75. The summed E-state index contributed by atoms with van der Waals surface area (Å²) in [6, 6.07) is 3.35. The predicted octanol–water partition coefficient (Wildman–Crippen LogP) is 2.77. The molecule has 1 aromatic heterocycles. The highest BCUT2D eigenvalue weighted by molar-refractivity contribution is 9.10. The van der Waals surface area contributed by atoms with Crippen molar-refractivity contribution in [2.45, 2.75) is 13.5 Å². The number of carboxylic acid groups (broad SMARTS) is 1. The normalized spacial score (nSPS) is 10.5. The minimum atomic E-state index is -1.01. The Balaban J connectivity index is 2.29. The highest BCUT2D eigenvalue weighted by Gasteiger charge is 2.16. The molecule has 0 radical (unpaired) electrons. The van der Waals surface area contributed by atoms with Gasteiger partial charge in [0.15, 0.2) is 0 Å². The van der Waals surface area contributed by atoms with Crippen LogP contribution in [0.3, 0.4) is 0 Å². The maximum Gasteiger partial charge on any atom is 0.339 e. The Morgan fingerprint density at radius 1 is 1.53 bits per heavy atom. The van der Waals surface area contributed by atoms with Crippen LogP contribution in [0.1, 0.15) is 21.7 Å². The van der Waals surface area contributed by atoms with Crippen LogP contribution in [-0.4, -0.2) is 20.6 Å². The van der Waals surface area contributed by atoms with Gasteiger partial charge < -0.3 is 14.4 Å². The fourth-order valence-corrected chi connectivity index (χ4v) is 2.32. The van der Waals surface area contributed by atoms with Crippen molar-refractivity contribution in [3.05, 3.63) is 46.0 Å². The third-order valence-electron chi connectivity index (χ3n) is 2.74. The zero-order valence-corrected chi connectivity index (χ0v) is 12.1. The molecular formula is C13H13BrN2O3. The van der Waals surface area contributed by atoms with Crippen molar-refractivity contribution < 1.29 is 14.6 Å². The van der Waals surface area contributed by atoms with Crippen LogP contribution < -0.4 is 4.74 Å². The number of aromatic nitrogens is 2. The van der Waals surface area contributed by atoms with E-state index in [9.17, 15) is 9.90 Å². The number of aryl methyl sites for hydroxylation is 2. The van der Waals surface area contributed by atoms with Gasteiger partial charge in [0.1, 0.15) is 23.7 Å². The lowest BCUT2D eigenvalue weighted by molar-refractivity contribution is 0.0691. The van der Waals surface area contributed by atoms with Gasteiger partial charge in [-0.15, -0.1) is 0 Å². The molecule has 2 rings (SSSR count). The Morgan fingerprint density at radius 2 is 2.26 bits per heavy atom. The first-order valence-corrected chi connectivity index (χ1v) is 6.40. The number of hydrogen-bond acceptors (Lipinski definition) is 3. The number of hydrogen-bond donors (Lipinski definition) is 1. The Labute approximate surface area is 119 Å². The van der Waals surface area contributed by atoms with Crippen molar-refractivity contribution in [2.24, 2.45) is 7.05 Å². The molecule has 6 heteroatoms. The van der Waals surface area contributed by atoms with E-state index in [1.54, 1.807) is 6.20 Å². The van der Waals surface area contributed by atoms with Crippen LogP contribution in [0, 0.1) is 6.92 Å². The average molecular weight is 325 g/mol. The quantitative estimate of drug-likeness (QED) is 0.939. The Morgan fingerprint density at radius 3 is 2.84 bits per heavy atom. The summed E-state index contributed by atoms with van der Waals surface area (Å²) in [6.45, 7) is 2.04. The first kappa shape index (κ1) is 13.6. The van der Waals surface area contributed by atoms with Crippen LogP contribution in [0.5, 0.6) is 5.75 Å². The van der Waals surface area contributed by atoms with Crippen molar-refractivity contribution in [2.75, 3.05) is 0 Å². The van der Waals surface area contributed by atoms with Crippen LogP contribution >= 0.6 is 15.9 Å². The zero-order chi connectivity index (χ0) is 14.0. The lowest BCUT2D eigenvalue weighted by Crippen LogP contribution is -2.08. The van der Waals surface area contributed by atoms with E-state index in [4.69, 9.17) is 4.74 Å². The van der Waals surface area contributed by atoms with Gasteiger partial charge in [-0.1, -0.05) is 15.9 Å². The number of nitrogens with zero attached hydrogens (tertiary/aromatic N) is 2. The third-order valence-corrected chi connectivity index (χ3v) is 3.19. The van der Waals surface area contributed by atoms with Gasteiger partial charge in [-0.3, -0.25) is 0 Å². The molecule has 0 amide bonds. The van der Waals surface area contributed by atoms with Gasteiger partial charge in [0.05, 0.1) is 0 Å². The zero-order valence-electron chi connectivity index (χ0n) is 10.6. The predicted molar refractivity (Wildman–Crippen MR) is 73.4 cm³/mol. The summed E-state index contributed by atoms with van der Waals surface area (Å²) in [7, 11) is 1.86. The maximum absolute atomic E-state index is 11.2. The second-order valence-electron chi connectivity index (χ2n) is 4.15. The number of ether oxygens (including phenoxy) is 1. The topological polar surface area (TPSA) is 64.3 Å². The van der Waals surface area contributed by atoms with E-state index in [0.717, 1.165) is 11.4 Å². The van der Waals surface area contributed by atoms with Gasteiger partial charge in [0.25, 0.3) is 0 Å². The molecule has 0 aliphatic heterocycles. The molecule has 5 nitrogen and oxygen atoms in total. The SMILES string of the molecule is Cc1cc(Br)cc(C(=O)O)c1OCc1nccn1C. The molecule has 0 fully saturated rings. The molecule has 1 N–H and O–H groups in total. The lowest BCUT2D eigenvalue weighted by Gasteiger charge is -2.12. The number of aromatic carboxylic acids is 1. The first-order chi connectivity index (χ1) is 8.99. The molecule has 1 aromatic carbocycles. The van der Waals surface area contributed by atoms with Crippen LogP contribution in [-0.2, 0) is 13.7 Å². The summed E-state index contributed by atoms with van der Waals surface area (Å²) in [5.41, 5.74) is 0.905. The summed E-state index contributed by atoms with van der Waals surface area (Å²) in [5, 5.41) is 9.20. The summed E-state index contributed by atoms with van der Waals surface area (Å²) < 4.78 is 8.17. The van der Waals surface area contributed by atoms with Gasteiger partial charge >= 0.3 is 5.97 Å². The summed E-state index contributed by atoms with van der Waals surface area (Å²) in [6.07, 6.45) is 3.48. The monoisotopic (exact) mass is 324 g/mol. The average Bonchev–Trinajstić information content (AvgIpc) is 2.73. The highest BCUT2D eigenvalue weighted by Crippen LogP contribution is 2.28. The molecule has 0 unspecified atom stereocenters. The van der Waals surface area contributed by atoms with Crippen molar-refractivity contribution in [3.8, 4) is 5.75 Å². The third kappa shape index (κ3) is 2.96. The van der Waals surface area contributed by atoms with Crippen molar-refractivity contribution in [1.29, 1.82) is 0 Å². The molecular weight excluding hydrogens is 312 g/mol. The van der Waals surface area contributed by atoms with Gasteiger partial charge in [0.2, 0.25) is 0 Å². The summed E-state index contributed by atoms with van der Waals surface area (Å²) in [4.78, 5) is 15.4. The number of benzene rings is 1. The van der Waals surface area contributed by atoms with Gasteiger partial charge in [-0.25, -0.2) is 9.78 Å². The van der Waals surface area contributed by atoms with Crippen LogP contribution in [0.15, 0.2) is 29.0 Å². The Kier molecular flexibility index (Phi) is 3.90. The molecule has 2 aromatic rings. The van der Waals surface area contributed by atoms with Gasteiger partial charge in [-0.2, -0.15) is 0 Å². The van der Waals surface area contributed by atoms with E-state index < -0.39 is 5.97 Å². The number of imidazole rings is 1. The van der Waals surface area contributed by atoms with E-state index >= 15 is 0 Å². The number of carboxylic acids is 1. The van der Waals surface area contributed by atoms with Gasteiger partial charge in [-0.05, 0) is 24.6 Å². The first-order valence-electron chi connectivity index (χ1n) is 5.61. The molecule has 0 aliphatic carbocycles. The number of carbonyl (C=O) groups is 1. The van der Waals surface area contributed by atoms with Crippen molar-refractivity contribution >= 4 is 21.9 Å². The van der Waals surface area contributed by atoms with E-state index in [-0.39, 0.29) is 12.2 Å². The largest absolute Gasteiger partial charge is 0.484 e. The lowest BCUT2D eigenvalue weighted by atomic mass is 10.1. The fraction of sp³-hybridized carbons (Fsp3) is 0.231. The second-order valence-corrected chi connectivity index (χ2v) is 5.06. The smallest absolute Gasteiger partial charge is 0.339 e. The van der Waals surface area contributed by atoms with E-state index in [1.165, 1.54) is 6.07 Å². The summed E-state index contributed by atoms with van der Waals surface area (Å²) in [5.74, 6) is 0.0941. The Hall–Kier alpha value is -1.82. The minimum absolute atomic E-state index is 0.140. The molecule has 0 atom stereocenters.